The van der Waals surface area contributed by atoms with Crippen LogP contribution in [0.4, 0.5) is 0 Å². The van der Waals surface area contributed by atoms with Crippen molar-refractivity contribution in [1.29, 1.82) is 0 Å². The van der Waals surface area contributed by atoms with E-state index in [0.717, 1.165) is 16.7 Å². The summed E-state index contributed by atoms with van der Waals surface area (Å²) in [5.41, 5.74) is 2.85. The van der Waals surface area contributed by atoms with Gasteiger partial charge in [-0.2, -0.15) is 8.42 Å². The first-order valence-corrected chi connectivity index (χ1v) is 13.1. The molecular weight excluding hydrogens is 484 g/mol. The van der Waals surface area contributed by atoms with Gasteiger partial charge in [0.2, 0.25) is 0 Å². The van der Waals surface area contributed by atoms with Crippen molar-refractivity contribution in [3.63, 3.8) is 0 Å². The lowest BCUT2D eigenvalue weighted by atomic mass is 9.99. The Balaban J connectivity index is 1.33. The Labute approximate surface area is 211 Å². The predicted octanol–water partition coefficient (Wildman–Crippen LogP) is 3.76. The smallest absolute Gasteiger partial charge is 0.374 e. The lowest BCUT2D eigenvalue weighted by Gasteiger charge is -2.40. The molecule has 2 saturated heterocycles. The van der Waals surface area contributed by atoms with Crippen LogP contribution in [0.3, 0.4) is 0 Å². The summed E-state index contributed by atoms with van der Waals surface area (Å²) in [4.78, 5) is 0. The molecule has 0 N–H and O–H groups in total. The molecule has 3 aromatic rings. The van der Waals surface area contributed by atoms with Crippen molar-refractivity contribution >= 4 is 10.4 Å². The van der Waals surface area contributed by atoms with Crippen molar-refractivity contribution in [1.82, 2.24) is 0 Å². The largest absolute Gasteiger partial charge is 0.400 e. The van der Waals surface area contributed by atoms with Gasteiger partial charge in [0.1, 0.15) is 24.4 Å². The van der Waals surface area contributed by atoms with Crippen molar-refractivity contribution in [2.45, 2.75) is 50.5 Å². The fourth-order valence-corrected chi connectivity index (χ4v) is 5.27. The molecule has 36 heavy (non-hydrogen) atoms. The van der Waals surface area contributed by atoms with E-state index in [1.807, 2.05) is 91.0 Å². The number of hydrogen-bond acceptors (Lipinski definition) is 8. The fraction of sp³-hybridized carbons (Fsp3) is 0.333. The summed E-state index contributed by atoms with van der Waals surface area (Å²) in [6, 6.07) is 28.9. The molecule has 0 amide bonds. The second kappa shape index (κ2) is 11.6. The van der Waals surface area contributed by atoms with Gasteiger partial charge in [0.15, 0.2) is 6.29 Å². The number of benzene rings is 3. The van der Waals surface area contributed by atoms with Gasteiger partial charge in [0.05, 0.1) is 26.4 Å². The SMILES string of the molecule is O=S1(=O)O[C@H]2[C@@H](O1)[C@@H](COCc1ccccc1)O[C@@H](OCc1ccccc1)[C@@H]2OCc1ccccc1. The van der Waals surface area contributed by atoms with Crippen LogP contribution in [0.25, 0.3) is 0 Å². The van der Waals surface area contributed by atoms with Gasteiger partial charge in [-0.1, -0.05) is 91.0 Å². The van der Waals surface area contributed by atoms with E-state index in [1.54, 1.807) is 0 Å². The highest BCUT2D eigenvalue weighted by molar-refractivity contribution is 7.82. The van der Waals surface area contributed by atoms with Crippen molar-refractivity contribution in [2.75, 3.05) is 6.61 Å². The fourth-order valence-electron chi connectivity index (χ4n) is 4.23. The van der Waals surface area contributed by atoms with Gasteiger partial charge < -0.3 is 18.9 Å². The number of rotatable bonds is 10. The van der Waals surface area contributed by atoms with Gasteiger partial charge in [-0.15, -0.1) is 0 Å². The first-order valence-electron chi connectivity index (χ1n) is 11.8. The van der Waals surface area contributed by atoms with Gasteiger partial charge in [-0.25, -0.2) is 8.37 Å². The predicted molar refractivity (Wildman–Crippen MR) is 130 cm³/mol. The van der Waals surface area contributed by atoms with Crippen molar-refractivity contribution in [2.24, 2.45) is 0 Å². The molecule has 5 rings (SSSR count). The molecule has 2 fully saturated rings. The van der Waals surface area contributed by atoms with Gasteiger partial charge in [0, 0.05) is 0 Å². The topological polar surface area (TPSA) is 89.5 Å². The summed E-state index contributed by atoms with van der Waals surface area (Å²) < 4.78 is 59.5. The summed E-state index contributed by atoms with van der Waals surface area (Å²) in [5, 5.41) is 0. The molecule has 0 radical (unpaired) electrons. The third-order valence-corrected chi connectivity index (χ3v) is 6.90. The Morgan fingerprint density at radius 3 is 1.72 bits per heavy atom. The molecule has 0 aliphatic carbocycles. The summed E-state index contributed by atoms with van der Waals surface area (Å²) in [6.07, 6.45) is -4.37. The van der Waals surface area contributed by atoms with Crippen LogP contribution in [0.5, 0.6) is 0 Å². The number of hydrogen-bond donors (Lipinski definition) is 0. The molecule has 5 atom stereocenters. The molecule has 0 aromatic heterocycles. The number of fused-ring (bicyclic) bond motifs is 1. The van der Waals surface area contributed by atoms with Crippen LogP contribution in [0.15, 0.2) is 91.0 Å². The maximum Gasteiger partial charge on any atom is 0.400 e. The molecule has 3 aromatic carbocycles. The van der Waals surface area contributed by atoms with Gasteiger partial charge >= 0.3 is 10.4 Å². The third-order valence-electron chi connectivity index (χ3n) is 5.99. The van der Waals surface area contributed by atoms with E-state index in [2.05, 4.69) is 0 Å². The van der Waals surface area contributed by atoms with Gasteiger partial charge in [0.25, 0.3) is 0 Å². The summed E-state index contributed by atoms with van der Waals surface area (Å²) in [7, 11) is -4.22. The minimum absolute atomic E-state index is 0.0888. The zero-order valence-corrected chi connectivity index (χ0v) is 20.4. The minimum Gasteiger partial charge on any atom is -0.374 e. The maximum absolute atomic E-state index is 12.3. The van der Waals surface area contributed by atoms with Crippen LogP contribution in [0, 0.1) is 0 Å². The van der Waals surface area contributed by atoms with E-state index >= 15 is 0 Å². The van der Waals surface area contributed by atoms with E-state index in [9.17, 15) is 8.42 Å². The summed E-state index contributed by atoms with van der Waals surface area (Å²) >= 11 is 0. The average Bonchev–Trinajstić information content (AvgIpc) is 3.24. The second-order valence-electron chi connectivity index (χ2n) is 8.63. The first kappa shape index (κ1) is 25.0. The highest BCUT2D eigenvalue weighted by atomic mass is 32.3. The van der Waals surface area contributed by atoms with E-state index in [4.69, 9.17) is 27.3 Å². The highest BCUT2D eigenvalue weighted by Gasteiger charge is 2.56. The van der Waals surface area contributed by atoms with Crippen molar-refractivity contribution in [3.8, 4) is 0 Å². The zero-order valence-electron chi connectivity index (χ0n) is 19.5. The van der Waals surface area contributed by atoms with E-state index in [1.165, 1.54) is 0 Å². The lowest BCUT2D eigenvalue weighted by Crippen LogP contribution is -2.59. The van der Waals surface area contributed by atoms with Crippen LogP contribution in [-0.4, -0.2) is 45.7 Å². The molecule has 190 valence electrons. The summed E-state index contributed by atoms with van der Waals surface area (Å²) in [6.45, 7) is 0.905. The molecule has 0 bridgehead atoms. The number of ether oxygens (including phenoxy) is 4. The van der Waals surface area contributed by atoms with Crippen molar-refractivity contribution in [3.05, 3.63) is 108 Å². The van der Waals surface area contributed by atoms with E-state index in [0.29, 0.717) is 6.61 Å². The molecule has 2 heterocycles. The first-order chi connectivity index (χ1) is 17.6. The second-order valence-corrected chi connectivity index (χ2v) is 9.83. The maximum atomic E-state index is 12.3. The van der Waals surface area contributed by atoms with Gasteiger partial charge in [-0.05, 0) is 16.7 Å². The molecule has 8 nitrogen and oxygen atoms in total. The van der Waals surface area contributed by atoms with E-state index in [-0.39, 0.29) is 19.8 Å². The molecular formula is C27H28O8S. The van der Waals surface area contributed by atoms with Crippen LogP contribution >= 0.6 is 0 Å². The molecule has 2 aliphatic rings. The van der Waals surface area contributed by atoms with Crippen LogP contribution in [0.1, 0.15) is 16.7 Å². The monoisotopic (exact) mass is 512 g/mol. The minimum atomic E-state index is -4.22. The lowest BCUT2D eigenvalue weighted by molar-refractivity contribution is -0.299. The summed E-state index contributed by atoms with van der Waals surface area (Å²) in [5.74, 6) is 0. The Bertz CT molecular complexity index is 1190. The zero-order chi connectivity index (χ0) is 24.8. The third kappa shape index (κ3) is 6.37. The van der Waals surface area contributed by atoms with Crippen LogP contribution in [0.2, 0.25) is 0 Å². The highest BCUT2D eigenvalue weighted by Crippen LogP contribution is 2.36. The Morgan fingerprint density at radius 2 is 1.14 bits per heavy atom. The molecule has 0 saturated carbocycles. The Hall–Kier alpha value is -2.63. The Morgan fingerprint density at radius 1 is 0.639 bits per heavy atom. The molecule has 0 spiro atoms. The van der Waals surface area contributed by atoms with Crippen LogP contribution < -0.4 is 0 Å². The van der Waals surface area contributed by atoms with Crippen molar-refractivity contribution < 1.29 is 35.7 Å². The average molecular weight is 513 g/mol. The van der Waals surface area contributed by atoms with Crippen LogP contribution in [-0.2, 0) is 57.5 Å². The quantitative estimate of drug-likeness (QED) is 0.406. The molecule has 9 heteroatoms. The Kier molecular flexibility index (Phi) is 8.08. The molecule has 0 unspecified atom stereocenters. The normalized spacial score (nSPS) is 26.9. The van der Waals surface area contributed by atoms with Gasteiger partial charge in [-0.3, -0.25) is 0 Å². The van der Waals surface area contributed by atoms with E-state index < -0.39 is 41.1 Å². The molecule has 2 aliphatic heterocycles. The standard InChI is InChI=1S/C27H28O8S/c28-36(29)34-24-23(19-30-16-20-10-4-1-5-11-20)33-27(32-18-22-14-8-3-9-15-22)26(25(24)35-36)31-17-21-12-6-2-7-13-21/h1-15,23-27H,16-19H2/t23-,24+,25+,26-,27-/m1/s1.